The number of hydrogen-bond acceptors (Lipinski definition) is 3. The third-order valence-corrected chi connectivity index (χ3v) is 2.74. The third kappa shape index (κ3) is 2.11. The third-order valence-electron chi connectivity index (χ3n) is 1.97. The van der Waals surface area contributed by atoms with Crippen LogP contribution in [0.5, 0.6) is 5.75 Å². The predicted octanol–water partition coefficient (Wildman–Crippen LogP) is 1.69. The Morgan fingerprint density at radius 1 is 1.62 bits per heavy atom. The number of pyridine rings is 1. The van der Waals surface area contributed by atoms with Crippen LogP contribution in [0.3, 0.4) is 0 Å². The monoisotopic (exact) mass is 290 g/mol. The van der Waals surface area contributed by atoms with Crippen LogP contribution in [-0.4, -0.2) is 11.1 Å². The van der Waals surface area contributed by atoms with Gasteiger partial charge in [-0.05, 0) is 41.5 Å². The second-order valence-corrected chi connectivity index (χ2v) is 4.13. The van der Waals surface area contributed by atoms with E-state index >= 15 is 0 Å². The summed E-state index contributed by atoms with van der Waals surface area (Å²) in [6, 6.07) is 1.92. The predicted molar refractivity (Wildman–Crippen MR) is 58.5 cm³/mol. The van der Waals surface area contributed by atoms with Crippen molar-refractivity contribution in [3.63, 3.8) is 0 Å². The largest absolute Gasteiger partial charge is 0.487 e. The molecule has 0 unspecified atom stereocenters. The van der Waals surface area contributed by atoms with Crippen LogP contribution < -0.4 is 10.5 Å². The molecule has 0 atom stereocenters. The van der Waals surface area contributed by atoms with E-state index in [-0.39, 0.29) is 0 Å². The van der Waals surface area contributed by atoms with Gasteiger partial charge < -0.3 is 10.5 Å². The summed E-state index contributed by atoms with van der Waals surface area (Å²) in [5.41, 5.74) is 6.65. The van der Waals surface area contributed by atoms with Crippen molar-refractivity contribution in [3.05, 3.63) is 21.5 Å². The van der Waals surface area contributed by atoms with Gasteiger partial charge in [0.2, 0.25) is 0 Å². The van der Waals surface area contributed by atoms with Gasteiger partial charge in [-0.2, -0.15) is 0 Å². The van der Waals surface area contributed by atoms with Crippen LogP contribution in [0.1, 0.15) is 18.4 Å². The summed E-state index contributed by atoms with van der Waals surface area (Å²) in [6.45, 7) is 0.514. The van der Waals surface area contributed by atoms with Crippen LogP contribution >= 0.6 is 22.6 Å². The van der Waals surface area contributed by atoms with Crippen LogP contribution in [0.4, 0.5) is 0 Å². The molecule has 3 nitrogen and oxygen atoms in total. The summed E-state index contributed by atoms with van der Waals surface area (Å²) in [5.74, 6) is 0.883. The fourth-order valence-corrected chi connectivity index (χ4v) is 1.73. The van der Waals surface area contributed by atoms with Gasteiger partial charge in [0.25, 0.3) is 0 Å². The first-order chi connectivity index (χ1) is 6.31. The van der Waals surface area contributed by atoms with Crippen LogP contribution in [-0.2, 0) is 6.54 Å². The van der Waals surface area contributed by atoms with Crippen molar-refractivity contribution in [1.29, 1.82) is 0 Å². The van der Waals surface area contributed by atoms with Crippen molar-refractivity contribution in [3.8, 4) is 5.75 Å². The van der Waals surface area contributed by atoms with E-state index in [2.05, 4.69) is 27.6 Å². The molecule has 4 heteroatoms. The first-order valence-corrected chi connectivity index (χ1v) is 5.39. The number of halogens is 1. The Balaban J connectivity index is 2.27. The van der Waals surface area contributed by atoms with E-state index in [4.69, 9.17) is 10.5 Å². The fourth-order valence-electron chi connectivity index (χ4n) is 1.10. The van der Waals surface area contributed by atoms with Crippen LogP contribution in [0, 0.1) is 3.70 Å². The molecule has 0 amide bonds. The molecule has 70 valence electrons. The highest BCUT2D eigenvalue weighted by Crippen LogP contribution is 2.31. The maximum Gasteiger partial charge on any atom is 0.156 e. The maximum absolute atomic E-state index is 5.73. The van der Waals surface area contributed by atoms with Crippen molar-refractivity contribution in [2.24, 2.45) is 5.73 Å². The second-order valence-electron chi connectivity index (χ2n) is 3.11. The minimum absolute atomic E-state index is 0.406. The molecule has 1 saturated carbocycles. The average Bonchev–Trinajstić information content (AvgIpc) is 2.92. The summed E-state index contributed by atoms with van der Waals surface area (Å²) < 4.78 is 6.64. The molecule has 1 aromatic rings. The lowest BCUT2D eigenvalue weighted by atomic mass is 10.2. The molecule has 0 saturated heterocycles. The number of aromatic nitrogens is 1. The molecule has 2 rings (SSSR count). The molecular formula is C9H11IN2O. The maximum atomic E-state index is 5.73. The molecule has 0 bridgehead atoms. The molecule has 1 heterocycles. The topological polar surface area (TPSA) is 48.1 Å². The number of nitrogens with zero attached hydrogens (tertiary/aromatic N) is 1. The van der Waals surface area contributed by atoms with Crippen LogP contribution in [0.15, 0.2) is 12.3 Å². The summed E-state index contributed by atoms with van der Waals surface area (Å²) in [6.07, 6.45) is 4.50. The minimum atomic E-state index is 0.406. The van der Waals surface area contributed by atoms with Gasteiger partial charge in [-0.25, -0.2) is 4.98 Å². The lowest BCUT2D eigenvalue weighted by molar-refractivity contribution is 0.296. The smallest absolute Gasteiger partial charge is 0.156 e. The Labute approximate surface area is 90.8 Å². The van der Waals surface area contributed by atoms with Crippen molar-refractivity contribution < 1.29 is 4.74 Å². The van der Waals surface area contributed by atoms with Crippen molar-refractivity contribution in [2.45, 2.75) is 25.5 Å². The summed E-state index contributed by atoms with van der Waals surface area (Å²) >= 11 is 2.18. The molecule has 1 aromatic heterocycles. The number of ether oxygens (including phenoxy) is 1. The van der Waals surface area contributed by atoms with Crippen molar-refractivity contribution >= 4 is 22.6 Å². The Morgan fingerprint density at radius 2 is 2.38 bits per heavy atom. The molecular weight excluding hydrogens is 279 g/mol. The van der Waals surface area contributed by atoms with Gasteiger partial charge in [0, 0.05) is 18.3 Å². The number of nitrogens with two attached hydrogens (primary N) is 1. The molecule has 13 heavy (non-hydrogen) atoms. The highest BCUT2D eigenvalue weighted by atomic mass is 127. The molecule has 0 aliphatic heterocycles. The summed E-state index contributed by atoms with van der Waals surface area (Å²) in [5, 5.41) is 0. The van der Waals surface area contributed by atoms with E-state index in [0.29, 0.717) is 12.6 Å². The molecule has 0 radical (unpaired) electrons. The quantitative estimate of drug-likeness (QED) is 0.680. The molecule has 1 fully saturated rings. The molecule has 1 aliphatic carbocycles. The molecule has 0 spiro atoms. The van der Waals surface area contributed by atoms with E-state index in [0.717, 1.165) is 27.9 Å². The Bertz CT molecular complexity index is 312. The first kappa shape index (κ1) is 9.21. The normalized spacial score (nSPS) is 15.8. The number of hydrogen-bond donors (Lipinski definition) is 1. The Hall–Kier alpha value is -0.360. The van der Waals surface area contributed by atoms with Gasteiger partial charge >= 0.3 is 0 Å². The molecule has 2 N–H and O–H groups in total. The lowest BCUT2D eigenvalue weighted by Gasteiger charge is -2.10. The molecule has 0 aromatic carbocycles. The van der Waals surface area contributed by atoms with Crippen LogP contribution in [0.25, 0.3) is 0 Å². The van der Waals surface area contributed by atoms with Crippen LogP contribution in [0.2, 0.25) is 0 Å². The van der Waals surface area contributed by atoms with Gasteiger partial charge in [0.1, 0.15) is 3.70 Å². The van der Waals surface area contributed by atoms with Crippen molar-refractivity contribution in [2.75, 3.05) is 0 Å². The molecule has 1 aliphatic rings. The highest BCUT2D eigenvalue weighted by molar-refractivity contribution is 14.1. The van der Waals surface area contributed by atoms with Gasteiger partial charge in [0.15, 0.2) is 5.75 Å². The Morgan fingerprint density at radius 3 is 3.00 bits per heavy atom. The van der Waals surface area contributed by atoms with E-state index in [1.807, 2.05) is 6.07 Å². The zero-order chi connectivity index (χ0) is 9.26. The standard InChI is InChI=1S/C9H11IN2O/c10-9-8(13-7-1-2-7)6(5-11)3-4-12-9/h3-4,7H,1-2,5,11H2. The van der Waals surface area contributed by atoms with Gasteiger partial charge in [0.05, 0.1) is 6.10 Å². The van der Waals surface area contributed by atoms with Gasteiger partial charge in [-0.1, -0.05) is 0 Å². The SMILES string of the molecule is NCc1ccnc(I)c1OC1CC1. The second kappa shape index (κ2) is 3.79. The van der Waals surface area contributed by atoms with Gasteiger partial charge in [-0.15, -0.1) is 0 Å². The van der Waals surface area contributed by atoms with E-state index < -0.39 is 0 Å². The summed E-state index contributed by atoms with van der Waals surface area (Å²) in [4.78, 5) is 4.17. The lowest BCUT2D eigenvalue weighted by Crippen LogP contribution is -2.06. The van der Waals surface area contributed by atoms with E-state index in [9.17, 15) is 0 Å². The Kier molecular flexibility index (Phi) is 2.69. The first-order valence-electron chi connectivity index (χ1n) is 4.31. The highest BCUT2D eigenvalue weighted by Gasteiger charge is 2.25. The zero-order valence-corrected chi connectivity index (χ0v) is 9.32. The van der Waals surface area contributed by atoms with Gasteiger partial charge in [-0.3, -0.25) is 0 Å². The fraction of sp³-hybridized carbons (Fsp3) is 0.444. The minimum Gasteiger partial charge on any atom is -0.487 e. The zero-order valence-electron chi connectivity index (χ0n) is 7.16. The van der Waals surface area contributed by atoms with Crippen molar-refractivity contribution in [1.82, 2.24) is 4.98 Å². The number of rotatable bonds is 3. The average molecular weight is 290 g/mol. The van der Waals surface area contributed by atoms with E-state index in [1.165, 1.54) is 0 Å². The van der Waals surface area contributed by atoms with E-state index in [1.54, 1.807) is 6.20 Å². The summed E-state index contributed by atoms with van der Waals surface area (Å²) in [7, 11) is 0.